The van der Waals surface area contributed by atoms with E-state index in [2.05, 4.69) is 22.0 Å². The number of nitrogen functional groups attached to an aromatic ring is 1. The predicted octanol–water partition coefficient (Wildman–Crippen LogP) is 1.51. The normalized spacial score (nSPS) is 10.6. The van der Waals surface area contributed by atoms with Gasteiger partial charge in [0.2, 0.25) is 0 Å². The summed E-state index contributed by atoms with van der Waals surface area (Å²) < 4.78 is 1.69. The van der Waals surface area contributed by atoms with Crippen molar-refractivity contribution in [3.8, 4) is 5.82 Å². The van der Waals surface area contributed by atoms with E-state index in [0.717, 1.165) is 29.9 Å². The lowest BCUT2D eigenvalue weighted by molar-refractivity contribution is 0.815. The number of aryl methyl sites for hydroxylation is 2. The van der Waals surface area contributed by atoms with Gasteiger partial charge in [0.1, 0.15) is 12.1 Å². The Hall–Kier alpha value is -1.91. The molecule has 2 aromatic heterocycles. The maximum Gasteiger partial charge on any atom is 0.157 e. The summed E-state index contributed by atoms with van der Waals surface area (Å²) in [5.41, 5.74) is 7.68. The Bertz CT molecular complexity index is 469. The van der Waals surface area contributed by atoms with Crippen molar-refractivity contribution >= 4 is 5.82 Å². The van der Waals surface area contributed by atoms with Crippen molar-refractivity contribution < 1.29 is 0 Å². The van der Waals surface area contributed by atoms with Crippen LogP contribution in [0.25, 0.3) is 5.82 Å². The van der Waals surface area contributed by atoms with Crippen LogP contribution in [0.2, 0.25) is 0 Å². The van der Waals surface area contributed by atoms with E-state index in [0.29, 0.717) is 5.82 Å². The van der Waals surface area contributed by atoms with E-state index in [1.165, 1.54) is 0 Å². The van der Waals surface area contributed by atoms with E-state index in [9.17, 15) is 0 Å². The molecule has 2 heterocycles. The molecular weight excluding hydrogens is 202 g/mol. The summed E-state index contributed by atoms with van der Waals surface area (Å²) in [4.78, 5) is 8.38. The van der Waals surface area contributed by atoms with E-state index in [1.807, 2.05) is 19.2 Å². The van der Waals surface area contributed by atoms with Crippen LogP contribution in [0.5, 0.6) is 0 Å². The minimum absolute atomic E-state index is 0.538. The Morgan fingerprint density at radius 2 is 2.19 bits per heavy atom. The molecule has 0 spiro atoms. The highest BCUT2D eigenvalue weighted by Gasteiger charge is 2.05. The largest absolute Gasteiger partial charge is 0.382 e. The number of nitrogens with zero attached hydrogens (tertiary/aromatic N) is 4. The Morgan fingerprint density at radius 3 is 2.81 bits per heavy atom. The molecule has 0 amide bonds. The van der Waals surface area contributed by atoms with E-state index < -0.39 is 0 Å². The molecule has 0 aliphatic rings. The zero-order chi connectivity index (χ0) is 11.5. The molecule has 0 fully saturated rings. The Labute approximate surface area is 94.3 Å². The highest BCUT2D eigenvalue weighted by atomic mass is 15.3. The number of hydrogen-bond donors (Lipinski definition) is 1. The van der Waals surface area contributed by atoms with Crippen molar-refractivity contribution in [2.24, 2.45) is 0 Å². The third-order valence-corrected chi connectivity index (χ3v) is 2.39. The highest BCUT2D eigenvalue weighted by Crippen LogP contribution is 2.11. The van der Waals surface area contributed by atoms with Gasteiger partial charge in [-0.15, -0.1) is 5.10 Å². The first-order valence-electron chi connectivity index (χ1n) is 5.33. The van der Waals surface area contributed by atoms with Crippen molar-refractivity contribution in [1.29, 1.82) is 0 Å². The fourth-order valence-corrected chi connectivity index (χ4v) is 1.49. The standard InChI is InChI=1S/C11H15N5/c1-3-4-9-5-10(14-7-13-9)16-6-8(2)11(12)15-16/h5-7H,3-4H2,1-2H3,(H2,12,15). The number of hydrogen-bond acceptors (Lipinski definition) is 4. The molecular formula is C11H15N5. The summed E-state index contributed by atoms with van der Waals surface area (Å²) in [6, 6.07) is 1.94. The van der Waals surface area contributed by atoms with Crippen LogP contribution in [0.4, 0.5) is 5.82 Å². The lowest BCUT2D eigenvalue weighted by Crippen LogP contribution is -2.01. The molecule has 0 unspecified atom stereocenters. The first-order valence-corrected chi connectivity index (χ1v) is 5.33. The summed E-state index contributed by atoms with van der Waals surface area (Å²) in [7, 11) is 0. The van der Waals surface area contributed by atoms with Crippen LogP contribution in [-0.4, -0.2) is 19.7 Å². The second-order valence-electron chi connectivity index (χ2n) is 3.76. The molecule has 16 heavy (non-hydrogen) atoms. The van der Waals surface area contributed by atoms with E-state index >= 15 is 0 Å². The van der Waals surface area contributed by atoms with Gasteiger partial charge in [-0.2, -0.15) is 0 Å². The molecule has 0 aliphatic heterocycles. The van der Waals surface area contributed by atoms with Crippen molar-refractivity contribution in [2.75, 3.05) is 5.73 Å². The summed E-state index contributed by atoms with van der Waals surface area (Å²) in [5.74, 6) is 1.30. The Balaban J connectivity index is 2.36. The minimum Gasteiger partial charge on any atom is -0.382 e. The van der Waals surface area contributed by atoms with Crippen LogP contribution < -0.4 is 5.73 Å². The molecule has 0 saturated heterocycles. The Morgan fingerprint density at radius 1 is 1.38 bits per heavy atom. The topological polar surface area (TPSA) is 69.6 Å². The number of nitrogens with two attached hydrogens (primary N) is 1. The second-order valence-corrected chi connectivity index (χ2v) is 3.76. The van der Waals surface area contributed by atoms with Crippen LogP contribution in [0.3, 0.4) is 0 Å². The Kier molecular flexibility index (Phi) is 2.85. The van der Waals surface area contributed by atoms with Gasteiger partial charge in [0.15, 0.2) is 5.82 Å². The van der Waals surface area contributed by atoms with Gasteiger partial charge in [0.25, 0.3) is 0 Å². The molecule has 0 saturated carbocycles. The number of anilines is 1. The summed E-state index contributed by atoms with van der Waals surface area (Å²) >= 11 is 0. The van der Waals surface area contributed by atoms with E-state index in [4.69, 9.17) is 5.73 Å². The fraction of sp³-hybridized carbons (Fsp3) is 0.364. The van der Waals surface area contributed by atoms with Crippen molar-refractivity contribution in [3.05, 3.63) is 29.8 Å². The zero-order valence-corrected chi connectivity index (χ0v) is 9.51. The molecule has 0 radical (unpaired) electrons. The third-order valence-electron chi connectivity index (χ3n) is 2.39. The van der Waals surface area contributed by atoms with E-state index in [1.54, 1.807) is 11.0 Å². The maximum absolute atomic E-state index is 5.70. The molecule has 5 nitrogen and oxygen atoms in total. The van der Waals surface area contributed by atoms with E-state index in [-0.39, 0.29) is 0 Å². The molecule has 2 N–H and O–H groups in total. The predicted molar refractivity (Wildman–Crippen MR) is 62.3 cm³/mol. The molecule has 0 bridgehead atoms. The van der Waals surface area contributed by atoms with Crippen molar-refractivity contribution in [1.82, 2.24) is 19.7 Å². The van der Waals surface area contributed by atoms with Crippen LogP contribution in [-0.2, 0) is 6.42 Å². The average molecular weight is 217 g/mol. The van der Waals surface area contributed by atoms with Gasteiger partial charge in [0, 0.05) is 23.5 Å². The lowest BCUT2D eigenvalue weighted by Gasteiger charge is -2.02. The monoisotopic (exact) mass is 217 g/mol. The summed E-state index contributed by atoms with van der Waals surface area (Å²) in [5, 5.41) is 4.19. The smallest absolute Gasteiger partial charge is 0.157 e. The molecule has 2 aromatic rings. The first kappa shape index (κ1) is 10.6. The highest BCUT2D eigenvalue weighted by molar-refractivity contribution is 5.38. The number of rotatable bonds is 3. The van der Waals surface area contributed by atoms with Gasteiger partial charge in [-0.25, -0.2) is 14.6 Å². The minimum atomic E-state index is 0.538. The van der Waals surface area contributed by atoms with Crippen molar-refractivity contribution in [2.45, 2.75) is 26.7 Å². The van der Waals surface area contributed by atoms with Crippen LogP contribution in [0, 0.1) is 6.92 Å². The second kappa shape index (κ2) is 4.30. The third kappa shape index (κ3) is 2.03. The lowest BCUT2D eigenvalue weighted by atomic mass is 10.2. The first-order chi connectivity index (χ1) is 7.70. The fourth-order valence-electron chi connectivity index (χ4n) is 1.49. The van der Waals surface area contributed by atoms with Crippen LogP contribution >= 0.6 is 0 Å². The number of aromatic nitrogens is 4. The molecule has 0 aliphatic carbocycles. The summed E-state index contributed by atoms with van der Waals surface area (Å²) in [6.45, 7) is 4.05. The molecule has 0 aromatic carbocycles. The van der Waals surface area contributed by atoms with Gasteiger partial charge in [-0.3, -0.25) is 0 Å². The summed E-state index contributed by atoms with van der Waals surface area (Å²) in [6.07, 6.45) is 5.45. The molecule has 2 rings (SSSR count). The van der Waals surface area contributed by atoms with Gasteiger partial charge < -0.3 is 5.73 Å². The van der Waals surface area contributed by atoms with Crippen LogP contribution in [0.15, 0.2) is 18.6 Å². The molecule has 84 valence electrons. The van der Waals surface area contributed by atoms with Gasteiger partial charge >= 0.3 is 0 Å². The zero-order valence-electron chi connectivity index (χ0n) is 9.51. The molecule has 0 atom stereocenters. The van der Waals surface area contributed by atoms with Gasteiger partial charge in [0.05, 0.1) is 0 Å². The van der Waals surface area contributed by atoms with Crippen molar-refractivity contribution in [3.63, 3.8) is 0 Å². The molecule has 5 heteroatoms. The van der Waals surface area contributed by atoms with Crippen LogP contribution in [0.1, 0.15) is 24.6 Å². The van der Waals surface area contributed by atoms with Gasteiger partial charge in [-0.1, -0.05) is 13.3 Å². The SMILES string of the molecule is CCCc1cc(-n2cc(C)c(N)n2)ncn1. The maximum atomic E-state index is 5.70. The quantitative estimate of drug-likeness (QED) is 0.846. The van der Waals surface area contributed by atoms with Gasteiger partial charge in [-0.05, 0) is 13.3 Å². The average Bonchev–Trinajstić information content (AvgIpc) is 2.60.